The van der Waals surface area contributed by atoms with Gasteiger partial charge in [0.1, 0.15) is 6.33 Å². The SMILES string of the molecule is Cc1nn(Cc2cccc(C(C)C)n2)c2cccc(NC(=O)n3ccnc3)c12. The number of nitrogens with one attached hydrogen (secondary N) is 1. The van der Waals surface area contributed by atoms with Crippen LogP contribution in [-0.4, -0.2) is 30.3 Å². The zero-order valence-corrected chi connectivity index (χ0v) is 16.1. The van der Waals surface area contributed by atoms with E-state index in [9.17, 15) is 4.79 Å². The topological polar surface area (TPSA) is 77.6 Å². The summed E-state index contributed by atoms with van der Waals surface area (Å²) in [6.07, 6.45) is 4.65. The van der Waals surface area contributed by atoms with Crippen molar-refractivity contribution in [2.45, 2.75) is 33.2 Å². The second-order valence-corrected chi connectivity index (χ2v) is 7.05. The fourth-order valence-corrected chi connectivity index (χ4v) is 3.27. The standard InChI is InChI=1S/C21H22N6O/c1-14(2)17-7-4-6-16(23-17)12-27-19-9-5-8-18(20(19)15(3)25-27)24-21(28)26-11-10-22-13-26/h4-11,13-14H,12H2,1-3H3,(H,24,28). The lowest BCUT2D eigenvalue weighted by Gasteiger charge is -2.09. The number of pyridine rings is 1. The predicted molar refractivity (Wildman–Crippen MR) is 109 cm³/mol. The second kappa shape index (κ2) is 7.26. The molecular weight excluding hydrogens is 352 g/mol. The van der Waals surface area contributed by atoms with Gasteiger partial charge in [-0.15, -0.1) is 0 Å². The molecule has 0 aliphatic heterocycles. The van der Waals surface area contributed by atoms with E-state index in [0.717, 1.165) is 33.7 Å². The molecule has 28 heavy (non-hydrogen) atoms. The average Bonchev–Trinajstić information content (AvgIpc) is 3.32. The van der Waals surface area contributed by atoms with Gasteiger partial charge in [-0.3, -0.25) is 14.2 Å². The molecule has 7 nitrogen and oxygen atoms in total. The normalized spacial score (nSPS) is 11.3. The van der Waals surface area contributed by atoms with E-state index in [1.807, 2.05) is 48.0 Å². The number of amides is 1. The minimum Gasteiger partial charge on any atom is -0.306 e. The molecular formula is C21H22N6O. The van der Waals surface area contributed by atoms with E-state index in [-0.39, 0.29) is 6.03 Å². The number of carbonyl (C=O) groups excluding carboxylic acids is 1. The van der Waals surface area contributed by atoms with Crippen LogP contribution in [0.25, 0.3) is 10.9 Å². The Bertz CT molecular complexity index is 1130. The van der Waals surface area contributed by atoms with E-state index in [1.165, 1.54) is 10.9 Å². The van der Waals surface area contributed by atoms with Crippen molar-refractivity contribution >= 4 is 22.6 Å². The summed E-state index contributed by atoms with van der Waals surface area (Å²) in [5, 5.41) is 8.57. The molecule has 0 bridgehead atoms. The van der Waals surface area contributed by atoms with Crippen LogP contribution in [0, 0.1) is 6.92 Å². The zero-order valence-electron chi connectivity index (χ0n) is 16.1. The Hall–Kier alpha value is -3.48. The highest BCUT2D eigenvalue weighted by atomic mass is 16.2. The van der Waals surface area contributed by atoms with E-state index < -0.39 is 0 Å². The molecule has 4 rings (SSSR count). The van der Waals surface area contributed by atoms with Crippen LogP contribution in [0.4, 0.5) is 10.5 Å². The first-order valence-corrected chi connectivity index (χ1v) is 9.24. The molecule has 0 radical (unpaired) electrons. The van der Waals surface area contributed by atoms with E-state index in [4.69, 9.17) is 10.1 Å². The fraction of sp³-hybridized carbons (Fsp3) is 0.238. The number of aryl methyl sites for hydroxylation is 1. The third kappa shape index (κ3) is 3.38. The highest BCUT2D eigenvalue weighted by Crippen LogP contribution is 2.27. The van der Waals surface area contributed by atoms with Gasteiger partial charge in [-0.05, 0) is 37.1 Å². The molecule has 0 aliphatic carbocycles. The number of imidazole rings is 1. The smallest absolute Gasteiger partial charge is 0.306 e. The van der Waals surface area contributed by atoms with Crippen LogP contribution >= 0.6 is 0 Å². The molecule has 0 atom stereocenters. The van der Waals surface area contributed by atoms with Crippen molar-refractivity contribution in [3.05, 3.63) is 72.2 Å². The second-order valence-electron chi connectivity index (χ2n) is 7.05. The van der Waals surface area contributed by atoms with E-state index in [2.05, 4.69) is 24.1 Å². The maximum atomic E-state index is 12.4. The summed E-state index contributed by atoms with van der Waals surface area (Å²) in [5.41, 5.74) is 4.57. The summed E-state index contributed by atoms with van der Waals surface area (Å²) in [4.78, 5) is 21.1. The maximum absolute atomic E-state index is 12.4. The first kappa shape index (κ1) is 17.9. The summed E-state index contributed by atoms with van der Waals surface area (Å²) < 4.78 is 3.34. The van der Waals surface area contributed by atoms with E-state index in [1.54, 1.807) is 12.4 Å². The Balaban J connectivity index is 1.68. The minimum absolute atomic E-state index is 0.261. The van der Waals surface area contributed by atoms with Gasteiger partial charge in [0.15, 0.2) is 0 Å². The molecule has 4 aromatic rings. The molecule has 1 amide bonds. The molecule has 0 fully saturated rings. The van der Waals surface area contributed by atoms with Crippen LogP contribution in [-0.2, 0) is 6.54 Å². The lowest BCUT2D eigenvalue weighted by Crippen LogP contribution is -2.17. The highest BCUT2D eigenvalue weighted by molar-refractivity contribution is 6.02. The van der Waals surface area contributed by atoms with E-state index in [0.29, 0.717) is 12.5 Å². The van der Waals surface area contributed by atoms with Gasteiger partial charge in [-0.25, -0.2) is 9.78 Å². The fourth-order valence-electron chi connectivity index (χ4n) is 3.27. The van der Waals surface area contributed by atoms with Gasteiger partial charge in [0.2, 0.25) is 0 Å². The van der Waals surface area contributed by atoms with Crippen molar-refractivity contribution in [1.82, 2.24) is 24.3 Å². The average molecular weight is 374 g/mol. The van der Waals surface area contributed by atoms with Gasteiger partial charge in [0, 0.05) is 23.5 Å². The first-order valence-electron chi connectivity index (χ1n) is 9.24. The lowest BCUT2D eigenvalue weighted by atomic mass is 10.1. The van der Waals surface area contributed by atoms with Crippen molar-refractivity contribution in [1.29, 1.82) is 0 Å². The molecule has 0 saturated heterocycles. The predicted octanol–water partition coefficient (Wildman–Crippen LogP) is 4.19. The first-order chi connectivity index (χ1) is 13.5. The molecule has 0 unspecified atom stereocenters. The molecule has 0 saturated carbocycles. The number of benzene rings is 1. The molecule has 7 heteroatoms. The van der Waals surface area contributed by atoms with Gasteiger partial charge in [0.05, 0.1) is 29.1 Å². The number of anilines is 1. The van der Waals surface area contributed by atoms with Crippen LogP contribution in [0.2, 0.25) is 0 Å². The number of carbonyl (C=O) groups is 1. The molecule has 3 heterocycles. The van der Waals surface area contributed by atoms with Crippen molar-refractivity contribution in [2.75, 3.05) is 5.32 Å². The number of aromatic nitrogens is 5. The zero-order chi connectivity index (χ0) is 19.7. The quantitative estimate of drug-likeness (QED) is 0.581. The number of hydrogen-bond acceptors (Lipinski definition) is 4. The molecule has 3 aromatic heterocycles. The van der Waals surface area contributed by atoms with Gasteiger partial charge in [-0.1, -0.05) is 26.0 Å². The molecule has 142 valence electrons. The van der Waals surface area contributed by atoms with Crippen molar-refractivity contribution in [2.24, 2.45) is 0 Å². The summed E-state index contributed by atoms with van der Waals surface area (Å²) >= 11 is 0. The Labute approximate surface area is 163 Å². The van der Waals surface area contributed by atoms with Gasteiger partial charge in [-0.2, -0.15) is 5.10 Å². The van der Waals surface area contributed by atoms with Crippen molar-refractivity contribution in [3.8, 4) is 0 Å². The summed E-state index contributed by atoms with van der Waals surface area (Å²) in [5.74, 6) is 0.376. The van der Waals surface area contributed by atoms with Crippen LogP contribution in [0.1, 0.15) is 36.8 Å². The van der Waals surface area contributed by atoms with Crippen molar-refractivity contribution in [3.63, 3.8) is 0 Å². The van der Waals surface area contributed by atoms with E-state index >= 15 is 0 Å². The minimum atomic E-state index is -0.261. The number of hydrogen-bond donors (Lipinski definition) is 1. The number of fused-ring (bicyclic) bond motifs is 1. The summed E-state index contributed by atoms with van der Waals surface area (Å²) in [7, 11) is 0. The lowest BCUT2D eigenvalue weighted by molar-refractivity contribution is 0.253. The van der Waals surface area contributed by atoms with Crippen LogP contribution < -0.4 is 5.32 Å². The molecule has 1 N–H and O–H groups in total. The maximum Gasteiger partial charge on any atom is 0.331 e. The number of rotatable bonds is 4. The Morgan fingerprint density at radius 1 is 1.18 bits per heavy atom. The molecule has 0 aliphatic rings. The van der Waals surface area contributed by atoms with Crippen molar-refractivity contribution < 1.29 is 4.79 Å². The van der Waals surface area contributed by atoms with Crippen LogP contribution in [0.5, 0.6) is 0 Å². The van der Waals surface area contributed by atoms with Gasteiger partial charge < -0.3 is 5.32 Å². The summed E-state index contributed by atoms with van der Waals surface area (Å²) in [6, 6.07) is 11.6. The van der Waals surface area contributed by atoms with Crippen LogP contribution in [0.3, 0.4) is 0 Å². The Morgan fingerprint density at radius 3 is 2.75 bits per heavy atom. The van der Waals surface area contributed by atoms with Gasteiger partial charge in [0.25, 0.3) is 0 Å². The third-order valence-corrected chi connectivity index (χ3v) is 4.67. The largest absolute Gasteiger partial charge is 0.331 e. The molecule has 0 spiro atoms. The number of nitrogens with zero attached hydrogens (tertiary/aromatic N) is 5. The summed E-state index contributed by atoms with van der Waals surface area (Å²) in [6.45, 7) is 6.79. The highest BCUT2D eigenvalue weighted by Gasteiger charge is 2.14. The third-order valence-electron chi connectivity index (χ3n) is 4.67. The van der Waals surface area contributed by atoms with Crippen LogP contribution in [0.15, 0.2) is 55.1 Å². The monoisotopic (exact) mass is 374 g/mol. The van der Waals surface area contributed by atoms with Gasteiger partial charge >= 0.3 is 6.03 Å². The molecule has 1 aromatic carbocycles. The Kier molecular flexibility index (Phi) is 4.65. The Morgan fingerprint density at radius 2 is 2.00 bits per heavy atom.